The first-order valence-corrected chi connectivity index (χ1v) is 11.7. The molecule has 0 bridgehead atoms. The first-order valence-electron chi connectivity index (χ1n) is 8.17. The SMILES string of the molecule is CC(C)S(=O)c1c(S(C)(=O)=O)ccc(C(=O)Nc2nnc(C3CC3)o2)c1Cl. The topological polar surface area (TPSA) is 119 Å². The van der Waals surface area contributed by atoms with Gasteiger partial charge in [-0.25, -0.2) is 8.42 Å². The molecule has 1 atom stereocenters. The van der Waals surface area contributed by atoms with Gasteiger partial charge in [0.25, 0.3) is 5.91 Å². The zero-order valence-corrected chi connectivity index (χ0v) is 17.2. The van der Waals surface area contributed by atoms with Gasteiger partial charge in [0.15, 0.2) is 9.84 Å². The third-order valence-electron chi connectivity index (χ3n) is 3.92. The van der Waals surface area contributed by atoms with E-state index in [1.54, 1.807) is 13.8 Å². The largest absolute Gasteiger partial charge is 0.408 e. The molecule has 0 radical (unpaired) electrons. The van der Waals surface area contributed by atoms with Crippen molar-refractivity contribution in [2.75, 3.05) is 11.6 Å². The minimum absolute atomic E-state index is 0.0285. The number of halogens is 1. The monoisotopic (exact) mass is 431 g/mol. The summed E-state index contributed by atoms with van der Waals surface area (Å²) in [6, 6.07) is 2.43. The van der Waals surface area contributed by atoms with Gasteiger partial charge in [0.1, 0.15) is 0 Å². The van der Waals surface area contributed by atoms with Crippen LogP contribution in [0.4, 0.5) is 6.01 Å². The van der Waals surface area contributed by atoms with E-state index in [0.29, 0.717) is 5.89 Å². The third-order valence-corrected chi connectivity index (χ3v) is 7.38. The van der Waals surface area contributed by atoms with Crippen LogP contribution in [0.1, 0.15) is 48.9 Å². The molecule has 1 aromatic heterocycles. The van der Waals surface area contributed by atoms with Gasteiger partial charge in [-0.15, -0.1) is 5.10 Å². The number of anilines is 1. The molecule has 1 aliphatic rings. The van der Waals surface area contributed by atoms with E-state index in [-0.39, 0.29) is 32.3 Å². The van der Waals surface area contributed by atoms with Crippen molar-refractivity contribution >= 4 is 44.2 Å². The molecule has 8 nitrogen and oxygen atoms in total. The normalized spacial score (nSPS) is 15.7. The van der Waals surface area contributed by atoms with Crippen LogP contribution in [0.25, 0.3) is 0 Å². The summed E-state index contributed by atoms with van der Waals surface area (Å²) in [5, 5.41) is 9.51. The lowest BCUT2D eigenvalue weighted by Gasteiger charge is -2.14. The van der Waals surface area contributed by atoms with Crippen LogP contribution in [0, 0.1) is 0 Å². The highest BCUT2D eigenvalue weighted by Gasteiger charge is 2.30. The van der Waals surface area contributed by atoms with Gasteiger partial charge in [-0.1, -0.05) is 30.5 Å². The Kier molecular flexibility index (Phi) is 5.42. The lowest BCUT2D eigenvalue weighted by Crippen LogP contribution is -2.17. The van der Waals surface area contributed by atoms with Crippen LogP contribution < -0.4 is 5.32 Å². The molecule has 1 fully saturated rings. The van der Waals surface area contributed by atoms with Crippen molar-refractivity contribution in [3.8, 4) is 0 Å². The van der Waals surface area contributed by atoms with Crippen molar-refractivity contribution in [2.24, 2.45) is 0 Å². The van der Waals surface area contributed by atoms with E-state index in [1.165, 1.54) is 12.1 Å². The molecule has 0 saturated heterocycles. The average molecular weight is 432 g/mol. The summed E-state index contributed by atoms with van der Waals surface area (Å²) in [7, 11) is -5.40. The second kappa shape index (κ2) is 7.33. The highest BCUT2D eigenvalue weighted by molar-refractivity contribution is 7.92. The van der Waals surface area contributed by atoms with Gasteiger partial charge in [0.2, 0.25) is 5.89 Å². The molecule has 1 amide bonds. The Balaban J connectivity index is 1.98. The summed E-state index contributed by atoms with van der Waals surface area (Å²) in [6.45, 7) is 3.34. The molecular formula is C16H18ClN3O5S2. The Morgan fingerprint density at radius 1 is 1.33 bits per heavy atom. The molecule has 27 heavy (non-hydrogen) atoms. The van der Waals surface area contributed by atoms with Gasteiger partial charge in [0.05, 0.1) is 31.2 Å². The fourth-order valence-corrected chi connectivity index (χ4v) is 5.39. The van der Waals surface area contributed by atoms with Crippen molar-refractivity contribution in [3.63, 3.8) is 0 Å². The fourth-order valence-electron chi connectivity index (χ4n) is 2.37. The highest BCUT2D eigenvalue weighted by Crippen LogP contribution is 2.39. The number of hydrogen-bond acceptors (Lipinski definition) is 7. The number of carbonyl (C=O) groups excluding carboxylic acids is 1. The van der Waals surface area contributed by atoms with E-state index < -0.39 is 31.8 Å². The summed E-state index contributed by atoms with van der Waals surface area (Å²) in [5.41, 5.74) is -0.0285. The van der Waals surface area contributed by atoms with E-state index in [4.69, 9.17) is 16.0 Å². The van der Waals surface area contributed by atoms with Crippen molar-refractivity contribution in [2.45, 2.75) is 47.6 Å². The Morgan fingerprint density at radius 2 is 2.00 bits per heavy atom. The van der Waals surface area contributed by atoms with E-state index in [9.17, 15) is 17.4 Å². The highest BCUT2D eigenvalue weighted by atomic mass is 35.5. The van der Waals surface area contributed by atoms with Gasteiger partial charge in [-0.05, 0) is 25.0 Å². The van der Waals surface area contributed by atoms with Gasteiger partial charge in [-0.2, -0.15) is 0 Å². The van der Waals surface area contributed by atoms with E-state index in [1.807, 2.05) is 0 Å². The molecule has 2 aromatic rings. The second-order valence-corrected chi connectivity index (χ2v) is 10.9. The molecule has 1 heterocycles. The maximum absolute atomic E-state index is 12.6. The van der Waals surface area contributed by atoms with Gasteiger partial charge >= 0.3 is 6.01 Å². The van der Waals surface area contributed by atoms with Crippen molar-refractivity contribution in [3.05, 3.63) is 28.6 Å². The quantitative estimate of drug-likeness (QED) is 0.746. The number of sulfone groups is 1. The number of amides is 1. The zero-order chi connectivity index (χ0) is 19.9. The fraction of sp³-hybridized carbons (Fsp3) is 0.438. The summed E-state index contributed by atoms with van der Waals surface area (Å²) >= 11 is 6.30. The zero-order valence-electron chi connectivity index (χ0n) is 14.9. The molecule has 11 heteroatoms. The number of hydrogen-bond donors (Lipinski definition) is 1. The number of carbonyl (C=O) groups is 1. The van der Waals surface area contributed by atoms with Gasteiger partial charge < -0.3 is 4.42 Å². The first kappa shape index (κ1) is 20.0. The predicted octanol–water partition coefficient (Wildman–Crippen LogP) is 2.77. The third kappa shape index (κ3) is 4.22. The summed E-state index contributed by atoms with van der Waals surface area (Å²) < 4.78 is 42.1. The lowest BCUT2D eigenvalue weighted by molar-refractivity contribution is 0.102. The molecule has 3 rings (SSSR count). The minimum atomic E-state index is -3.69. The predicted molar refractivity (Wildman–Crippen MR) is 100 cm³/mol. The number of benzene rings is 1. The first-order chi connectivity index (χ1) is 12.6. The number of aromatic nitrogens is 2. The summed E-state index contributed by atoms with van der Waals surface area (Å²) in [6.07, 6.45) is 2.94. The molecule has 1 aromatic carbocycles. The van der Waals surface area contributed by atoms with Gasteiger partial charge in [0, 0.05) is 17.4 Å². The Labute approximate surface area is 164 Å². The molecule has 1 saturated carbocycles. The molecule has 146 valence electrons. The van der Waals surface area contributed by atoms with Crippen LogP contribution in [-0.2, 0) is 20.6 Å². The Bertz CT molecular complexity index is 1030. The van der Waals surface area contributed by atoms with Crippen LogP contribution >= 0.6 is 11.6 Å². The number of nitrogens with zero attached hydrogens (tertiary/aromatic N) is 2. The molecule has 1 N–H and O–H groups in total. The lowest BCUT2D eigenvalue weighted by atomic mass is 10.2. The average Bonchev–Trinajstić information content (AvgIpc) is 3.32. The maximum atomic E-state index is 12.6. The second-order valence-electron chi connectivity index (χ2n) is 6.55. The van der Waals surface area contributed by atoms with Crippen LogP contribution in [0.5, 0.6) is 0 Å². The van der Waals surface area contributed by atoms with Crippen LogP contribution in [0.15, 0.2) is 26.3 Å². The molecular weight excluding hydrogens is 414 g/mol. The summed E-state index contributed by atoms with van der Waals surface area (Å²) in [5.74, 6) is 0.0410. The van der Waals surface area contributed by atoms with Crippen molar-refractivity contribution in [1.82, 2.24) is 10.2 Å². The van der Waals surface area contributed by atoms with E-state index >= 15 is 0 Å². The maximum Gasteiger partial charge on any atom is 0.322 e. The van der Waals surface area contributed by atoms with E-state index in [0.717, 1.165) is 19.1 Å². The molecule has 0 aliphatic heterocycles. The Morgan fingerprint density at radius 3 is 2.56 bits per heavy atom. The smallest absolute Gasteiger partial charge is 0.322 e. The standard InChI is InChI=1S/C16H18ClN3O5S2/c1-8(2)26(22)13-11(27(3,23)24)7-6-10(12(13)17)14(21)18-16-20-19-15(25-16)9-4-5-9/h6-9H,4-5H2,1-3H3,(H,18,20,21). The molecule has 1 unspecified atom stereocenters. The Hall–Kier alpha value is -1.78. The number of nitrogens with one attached hydrogen (secondary N) is 1. The minimum Gasteiger partial charge on any atom is -0.408 e. The van der Waals surface area contributed by atoms with E-state index in [2.05, 4.69) is 15.5 Å². The van der Waals surface area contributed by atoms with Gasteiger partial charge in [-0.3, -0.25) is 14.3 Å². The summed E-state index contributed by atoms with van der Waals surface area (Å²) in [4.78, 5) is 12.3. The molecule has 0 spiro atoms. The molecule has 1 aliphatic carbocycles. The van der Waals surface area contributed by atoms with Crippen LogP contribution in [0.3, 0.4) is 0 Å². The van der Waals surface area contributed by atoms with Crippen LogP contribution in [0.2, 0.25) is 5.02 Å². The van der Waals surface area contributed by atoms with Crippen molar-refractivity contribution < 1.29 is 21.8 Å². The van der Waals surface area contributed by atoms with Crippen molar-refractivity contribution in [1.29, 1.82) is 0 Å². The number of rotatable bonds is 6. The van der Waals surface area contributed by atoms with Crippen LogP contribution in [-0.4, -0.2) is 40.2 Å².